The highest BCUT2D eigenvalue weighted by Crippen LogP contribution is 2.40. The molecule has 4 aliphatic rings. The number of nitrogens with zero attached hydrogens (tertiary/aromatic N) is 4. The smallest absolute Gasteiger partial charge is 0.415 e. The molecule has 0 saturated carbocycles. The third-order valence-electron chi connectivity index (χ3n) is 9.85. The Balaban J connectivity index is 1.16. The zero-order chi connectivity index (χ0) is 29.2. The van der Waals surface area contributed by atoms with Crippen molar-refractivity contribution in [3.8, 4) is 17.1 Å². The monoisotopic (exact) mass is 570 g/mol. The number of aromatic nitrogens is 2. The van der Waals surface area contributed by atoms with Crippen molar-refractivity contribution in [2.45, 2.75) is 83.9 Å². The molecular weight excluding hydrogens is 532 g/mol. The van der Waals surface area contributed by atoms with Crippen LogP contribution in [0.1, 0.15) is 75.1 Å². The quantitative estimate of drug-likeness (QED) is 0.328. The van der Waals surface area contributed by atoms with E-state index in [0.29, 0.717) is 42.6 Å². The lowest BCUT2D eigenvalue weighted by molar-refractivity contribution is -0.152. The van der Waals surface area contributed by atoms with Crippen LogP contribution in [0.3, 0.4) is 0 Å². The van der Waals surface area contributed by atoms with Gasteiger partial charge in [-0.15, -0.1) is 0 Å². The van der Waals surface area contributed by atoms with Crippen LogP contribution in [0.15, 0.2) is 29.1 Å². The van der Waals surface area contributed by atoms with E-state index in [0.717, 1.165) is 52.7 Å². The van der Waals surface area contributed by atoms with Crippen molar-refractivity contribution in [2.75, 3.05) is 26.2 Å². The molecule has 7 rings (SSSR count). The average molecular weight is 571 g/mol. The number of esters is 1. The molecule has 3 aromatic rings. The van der Waals surface area contributed by atoms with Crippen molar-refractivity contribution in [3.63, 3.8) is 0 Å². The first-order valence-electron chi connectivity index (χ1n) is 15.4. The fourth-order valence-electron chi connectivity index (χ4n) is 7.39. The van der Waals surface area contributed by atoms with E-state index in [1.807, 2.05) is 23.1 Å². The van der Waals surface area contributed by atoms with E-state index in [-0.39, 0.29) is 24.2 Å². The van der Waals surface area contributed by atoms with Crippen molar-refractivity contribution >= 4 is 23.0 Å². The number of rotatable bonds is 3. The van der Waals surface area contributed by atoms with E-state index in [9.17, 15) is 14.4 Å². The topological polar surface area (TPSA) is 94.0 Å². The third kappa shape index (κ3) is 4.32. The molecule has 2 aromatic heterocycles. The summed E-state index contributed by atoms with van der Waals surface area (Å²) in [5, 5.41) is 0.926. The Hall–Kier alpha value is -3.72. The first kappa shape index (κ1) is 27.1. The molecule has 2 fully saturated rings. The summed E-state index contributed by atoms with van der Waals surface area (Å²) in [6, 6.07) is 8.11. The van der Waals surface area contributed by atoms with Crippen LogP contribution in [0.25, 0.3) is 22.3 Å². The third-order valence-corrected chi connectivity index (χ3v) is 9.85. The standard InChI is InChI=1S/C33H38N4O5/c1-4-22-23-16-21(42-32(40)36-14-10-20(11-15-36)35-12-6-5-7-13-35)8-9-27(23)34-29-24(22)18-37-28(29)17-26-25(30(37)38)19-41-31(39)33(26,2)3/h8-9,16-17,20H,4-7,10-15,18-19H2,1-3H3. The number of likely N-dealkylation sites (tertiary alicyclic amines) is 2. The number of benzene rings is 1. The van der Waals surface area contributed by atoms with Gasteiger partial charge in [0.2, 0.25) is 0 Å². The number of ether oxygens (including phenoxy) is 2. The zero-order valence-electron chi connectivity index (χ0n) is 24.7. The molecule has 1 aromatic carbocycles. The van der Waals surface area contributed by atoms with Crippen LogP contribution < -0.4 is 10.3 Å². The maximum atomic E-state index is 13.6. The van der Waals surface area contributed by atoms with Gasteiger partial charge >= 0.3 is 12.1 Å². The summed E-state index contributed by atoms with van der Waals surface area (Å²) in [7, 11) is 0. The number of hydrogen-bond acceptors (Lipinski definition) is 7. The van der Waals surface area contributed by atoms with Crippen LogP contribution in [-0.2, 0) is 34.5 Å². The van der Waals surface area contributed by atoms with Gasteiger partial charge in [-0.2, -0.15) is 0 Å². The molecule has 6 heterocycles. The Morgan fingerprint density at radius 3 is 2.55 bits per heavy atom. The molecule has 0 spiro atoms. The SMILES string of the molecule is CCc1c2c(nc3ccc(OC(=O)N4CCC(N5CCCCC5)CC4)cc13)-c1cc3c(c(=O)n1C2)COC(=O)C3(C)C. The Morgan fingerprint density at radius 1 is 1.05 bits per heavy atom. The first-order valence-corrected chi connectivity index (χ1v) is 15.4. The minimum atomic E-state index is -0.906. The number of carbonyl (C=O) groups excluding carboxylic acids is 2. The number of cyclic esters (lactones) is 1. The van der Waals surface area contributed by atoms with E-state index >= 15 is 0 Å². The molecular formula is C33H38N4O5. The van der Waals surface area contributed by atoms with Gasteiger partial charge in [-0.05, 0) is 94.4 Å². The summed E-state index contributed by atoms with van der Waals surface area (Å²) in [4.78, 5) is 48.6. The van der Waals surface area contributed by atoms with Crippen molar-refractivity contribution < 1.29 is 19.1 Å². The summed E-state index contributed by atoms with van der Waals surface area (Å²) in [5.41, 5.74) is 4.58. The molecule has 42 heavy (non-hydrogen) atoms. The van der Waals surface area contributed by atoms with Crippen LogP contribution in [0.2, 0.25) is 0 Å². The second kappa shape index (κ2) is 10.2. The van der Waals surface area contributed by atoms with Gasteiger partial charge in [0, 0.05) is 30.1 Å². The van der Waals surface area contributed by atoms with Gasteiger partial charge in [-0.1, -0.05) is 13.3 Å². The van der Waals surface area contributed by atoms with Crippen molar-refractivity contribution in [1.82, 2.24) is 19.4 Å². The predicted molar refractivity (Wildman–Crippen MR) is 159 cm³/mol. The lowest BCUT2D eigenvalue weighted by Crippen LogP contribution is -2.48. The van der Waals surface area contributed by atoms with E-state index in [1.54, 1.807) is 24.5 Å². The molecule has 0 bridgehead atoms. The van der Waals surface area contributed by atoms with E-state index in [4.69, 9.17) is 14.5 Å². The first-order chi connectivity index (χ1) is 20.3. The van der Waals surface area contributed by atoms with E-state index in [1.165, 1.54) is 32.4 Å². The van der Waals surface area contributed by atoms with Crippen LogP contribution >= 0.6 is 0 Å². The number of aryl methyl sites for hydroxylation is 1. The largest absolute Gasteiger partial charge is 0.460 e. The van der Waals surface area contributed by atoms with Gasteiger partial charge in [-0.25, -0.2) is 9.78 Å². The van der Waals surface area contributed by atoms with Gasteiger partial charge in [-0.3, -0.25) is 9.59 Å². The number of amides is 1. The van der Waals surface area contributed by atoms with E-state index < -0.39 is 5.41 Å². The maximum Gasteiger partial charge on any atom is 0.415 e. The Bertz CT molecular complexity index is 1660. The van der Waals surface area contributed by atoms with Gasteiger partial charge < -0.3 is 23.8 Å². The minimum absolute atomic E-state index is 0.00620. The molecule has 0 N–H and O–H groups in total. The Kier molecular flexibility index (Phi) is 6.60. The molecule has 9 nitrogen and oxygen atoms in total. The highest BCUT2D eigenvalue weighted by molar-refractivity contribution is 5.90. The second-order valence-corrected chi connectivity index (χ2v) is 12.6. The number of fused-ring (bicyclic) bond motifs is 5. The molecule has 1 amide bonds. The van der Waals surface area contributed by atoms with Crippen LogP contribution in [0, 0.1) is 0 Å². The van der Waals surface area contributed by atoms with E-state index in [2.05, 4.69) is 11.8 Å². The molecule has 0 atom stereocenters. The maximum absolute atomic E-state index is 13.6. The summed E-state index contributed by atoms with van der Waals surface area (Å²) in [6.45, 7) is 9.87. The number of pyridine rings is 2. The minimum Gasteiger partial charge on any atom is -0.460 e. The summed E-state index contributed by atoms with van der Waals surface area (Å²) in [6.07, 6.45) is 6.30. The lowest BCUT2D eigenvalue weighted by atomic mass is 9.80. The van der Waals surface area contributed by atoms with Gasteiger partial charge in [0.05, 0.1) is 34.4 Å². The Morgan fingerprint density at radius 2 is 1.81 bits per heavy atom. The molecule has 2 saturated heterocycles. The second-order valence-electron chi connectivity index (χ2n) is 12.6. The Labute approximate surface area is 245 Å². The van der Waals surface area contributed by atoms with Crippen LogP contribution in [-0.4, -0.2) is 63.6 Å². The predicted octanol–water partition coefficient (Wildman–Crippen LogP) is 4.77. The van der Waals surface area contributed by atoms with Crippen molar-refractivity contribution in [1.29, 1.82) is 0 Å². The molecule has 4 aliphatic heterocycles. The number of carbonyl (C=O) groups is 2. The van der Waals surface area contributed by atoms with Crippen molar-refractivity contribution in [2.24, 2.45) is 0 Å². The fraction of sp³-hybridized carbons (Fsp3) is 0.515. The summed E-state index contributed by atoms with van der Waals surface area (Å²) < 4.78 is 13.0. The van der Waals surface area contributed by atoms with Crippen molar-refractivity contribution in [3.05, 3.63) is 56.9 Å². The zero-order valence-corrected chi connectivity index (χ0v) is 24.7. The molecule has 220 valence electrons. The highest BCUT2D eigenvalue weighted by atomic mass is 16.6. The van der Waals surface area contributed by atoms with Crippen LogP contribution in [0.5, 0.6) is 5.75 Å². The van der Waals surface area contributed by atoms with Gasteiger partial charge in [0.1, 0.15) is 12.4 Å². The summed E-state index contributed by atoms with van der Waals surface area (Å²) in [5.74, 6) is 0.175. The molecule has 9 heteroatoms. The fourth-order valence-corrected chi connectivity index (χ4v) is 7.39. The molecule has 0 aliphatic carbocycles. The summed E-state index contributed by atoms with van der Waals surface area (Å²) >= 11 is 0. The molecule has 0 unspecified atom stereocenters. The van der Waals surface area contributed by atoms with Crippen LogP contribution in [0.4, 0.5) is 4.79 Å². The number of piperidine rings is 2. The molecule has 0 radical (unpaired) electrons. The van der Waals surface area contributed by atoms with Gasteiger partial charge in [0.25, 0.3) is 5.56 Å². The normalized spacial score (nSPS) is 20.2. The average Bonchev–Trinajstić information content (AvgIpc) is 3.37. The van der Waals surface area contributed by atoms with Gasteiger partial charge in [0.15, 0.2) is 0 Å². The lowest BCUT2D eigenvalue weighted by Gasteiger charge is -2.39. The highest BCUT2D eigenvalue weighted by Gasteiger charge is 2.41. The number of hydrogen-bond donors (Lipinski definition) is 0.